The Morgan fingerprint density at radius 1 is 1.06 bits per heavy atom. The number of aliphatic hydroxyl groups excluding tert-OH is 1. The van der Waals surface area contributed by atoms with E-state index < -0.39 is 65.4 Å². The number of nitrogens with one attached hydrogen (secondary N) is 2. The lowest BCUT2D eigenvalue weighted by molar-refractivity contribution is -0.296. The molecule has 0 radical (unpaired) electrons. The maximum atomic E-state index is 13.9. The lowest BCUT2D eigenvalue weighted by Gasteiger charge is -2.47. The van der Waals surface area contributed by atoms with Crippen molar-refractivity contribution in [1.29, 1.82) is 0 Å². The smallest absolute Gasteiger partial charge is 0.410 e. The normalized spacial score (nSPS) is 25.3. The second-order valence-electron chi connectivity index (χ2n) is 20.0. The first-order chi connectivity index (χ1) is 32.6. The van der Waals surface area contributed by atoms with Crippen LogP contribution in [0.15, 0.2) is 60.8 Å². The molecule has 5 rings (SSSR count). The average molecular weight is 963 g/mol. The summed E-state index contributed by atoms with van der Waals surface area (Å²) in [6.45, 7) is 16.8. The maximum Gasteiger partial charge on any atom is 0.410 e. The van der Waals surface area contributed by atoms with E-state index in [0.717, 1.165) is 24.1 Å². The van der Waals surface area contributed by atoms with Crippen molar-refractivity contribution in [3.8, 4) is 11.3 Å². The number of unbranched alkanes of at least 4 members (excludes halogenated alkanes) is 1. The molecule has 69 heavy (non-hydrogen) atoms. The molecule has 2 fully saturated rings. The highest BCUT2D eigenvalue weighted by Crippen LogP contribution is 2.40. The summed E-state index contributed by atoms with van der Waals surface area (Å²) >= 11 is 0. The number of nitrogens with zero attached hydrogens (tertiary/aromatic N) is 5. The summed E-state index contributed by atoms with van der Waals surface area (Å²) in [6, 6.07) is 15.4. The Hall–Kier alpha value is -4.98. The second kappa shape index (κ2) is 24.2. The van der Waals surface area contributed by atoms with E-state index in [-0.39, 0.29) is 42.5 Å². The van der Waals surface area contributed by atoms with Gasteiger partial charge in [0.15, 0.2) is 12.1 Å². The number of rotatable bonds is 26. The fourth-order valence-electron chi connectivity index (χ4n) is 10.1. The number of nitrogens with two attached hydrogens (primary N) is 1. The molecule has 18 nitrogen and oxygen atoms in total. The lowest BCUT2D eigenvalue weighted by atomic mass is 9.78. The molecule has 2 aliphatic rings. The summed E-state index contributed by atoms with van der Waals surface area (Å²) in [5, 5.41) is 36.9. The zero-order valence-electron chi connectivity index (χ0n) is 42.5. The number of ether oxygens (including phenoxy) is 4. The van der Waals surface area contributed by atoms with Gasteiger partial charge in [-0.1, -0.05) is 63.2 Å². The number of carboxylic acid groups (broad SMARTS) is 1. The molecule has 2 saturated heterocycles. The summed E-state index contributed by atoms with van der Waals surface area (Å²) in [4.78, 5) is 56.5. The third-order valence-corrected chi connectivity index (χ3v) is 14.6. The molecule has 0 spiro atoms. The number of cyclic esters (lactones) is 1. The van der Waals surface area contributed by atoms with Crippen LogP contribution in [-0.4, -0.2) is 154 Å². The number of aromatic nitrogens is 3. The van der Waals surface area contributed by atoms with Crippen LogP contribution in [0.5, 0.6) is 0 Å². The van der Waals surface area contributed by atoms with Crippen LogP contribution in [0.1, 0.15) is 97.9 Å². The zero-order valence-corrected chi connectivity index (χ0v) is 42.5. The van der Waals surface area contributed by atoms with Crippen LogP contribution in [0.25, 0.3) is 11.3 Å². The van der Waals surface area contributed by atoms with Crippen LogP contribution in [0.2, 0.25) is 0 Å². The number of methoxy groups -OCH3 is 1. The number of aliphatic carboxylic acids is 1. The Labute approximate surface area is 407 Å². The van der Waals surface area contributed by atoms with Gasteiger partial charge in [0, 0.05) is 61.6 Å². The number of likely N-dealkylation sites (N-methyl/N-ethyl adjacent to an activating group) is 1. The number of carboxylic acids is 1. The molecule has 382 valence electrons. The number of ketones is 1. The molecule has 0 saturated carbocycles. The minimum Gasteiger partial charge on any atom is -0.481 e. The fraction of sp³-hybridized carbons (Fsp3) is 0.647. The van der Waals surface area contributed by atoms with E-state index in [1.807, 2.05) is 81.2 Å². The summed E-state index contributed by atoms with van der Waals surface area (Å²) in [7, 11) is 5.19. The molecule has 2 aliphatic heterocycles. The van der Waals surface area contributed by atoms with Gasteiger partial charge in [-0.15, -0.1) is 5.10 Å². The van der Waals surface area contributed by atoms with Gasteiger partial charge in [-0.05, 0) is 117 Å². The van der Waals surface area contributed by atoms with Gasteiger partial charge < -0.3 is 50.4 Å². The monoisotopic (exact) mass is 963 g/mol. The van der Waals surface area contributed by atoms with Crippen LogP contribution in [0.4, 0.5) is 10.5 Å². The predicted molar refractivity (Wildman–Crippen MR) is 262 cm³/mol. The van der Waals surface area contributed by atoms with Crippen LogP contribution in [0.3, 0.4) is 0 Å². The number of carbonyl (C=O) groups excluding carboxylic acids is 3. The van der Waals surface area contributed by atoms with Crippen molar-refractivity contribution >= 4 is 29.4 Å². The highest BCUT2D eigenvalue weighted by Gasteiger charge is 2.55. The molecule has 2 amide bonds. The van der Waals surface area contributed by atoms with E-state index in [4.69, 9.17) is 24.7 Å². The molecular weight excluding hydrogens is 885 g/mol. The minimum absolute atomic E-state index is 0.0600. The van der Waals surface area contributed by atoms with Crippen molar-refractivity contribution in [2.75, 3.05) is 46.6 Å². The van der Waals surface area contributed by atoms with Gasteiger partial charge in [0.05, 0.1) is 30.0 Å². The topological polar surface area (TPSA) is 233 Å². The SMILES string of the molecule is CC[C@@H](C)[C@@]1(C)OC(=O)N(CCCCn2cc(-c3cccc(N)c3)nn2)[C@@H]1[C@@H](C)NC[C@H](C)C[C@@](C)(OC)[C@H](O[C@@H]1OC(CNC(=O)c2ccccc2)CC(N(C)C)C1O)[C@@H](C)C(=O)[C@@H](C)C(=O)O. The number of aliphatic hydroxyl groups is 1. The summed E-state index contributed by atoms with van der Waals surface area (Å²) in [5.74, 6) is -4.50. The van der Waals surface area contributed by atoms with Gasteiger partial charge in [0.25, 0.3) is 5.91 Å². The van der Waals surface area contributed by atoms with Gasteiger partial charge in [-0.2, -0.15) is 0 Å². The van der Waals surface area contributed by atoms with Gasteiger partial charge >= 0.3 is 12.1 Å². The van der Waals surface area contributed by atoms with E-state index in [0.29, 0.717) is 50.1 Å². The van der Waals surface area contributed by atoms with E-state index in [1.54, 1.807) is 35.9 Å². The molecule has 2 aromatic carbocycles. The highest BCUT2D eigenvalue weighted by atomic mass is 16.7. The molecular formula is C51H78N8O10. The zero-order chi connectivity index (χ0) is 50.8. The van der Waals surface area contributed by atoms with Gasteiger partial charge in [0.2, 0.25) is 0 Å². The van der Waals surface area contributed by atoms with Crippen LogP contribution < -0.4 is 16.4 Å². The first-order valence-electron chi connectivity index (χ1n) is 24.4. The van der Waals surface area contributed by atoms with Gasteiger partial charge in [-0.3, -0.25) is 24.0 Å². The number of anilines is 1. The van der Waals surface area contributed by atoms with Crippen LogP contribution in [0, 0.1) is 23.7 Å². The first-order valence-corrected chi connectivity index (χ1v) is 24.4. The third-order valence-electron chi connectivity index (χ3n) is 14.6. The Balaban J connectivity index is 1.30. The van der Waals surface area contributed by atoms with Crippen molar-refractivity contribution in [2.24, 2.45) is 23.7 Å². The average Bonchev–Trinajstić information content (AvgIpc) is 3.91. The Bertz CT molecular complexity index is 2160. The fourth-order valence-corrected chi connectivity index (χ4v) is 10.1. The number of hydrogen-bond donors (Lipinski definition) is 5. The van der Waals surface area contributed by atoms with Crippen LogP contribution in [-0.2, 0) is 35.1 Å². The molecule has 6 N–H and O–H groups in total. The van der Waals surface area contributed by atoms with E-state index >= 15 is 0 Å². The number of benzene rings is 2. The number of carbonyl (C=O) groups is 4. The van der Waals surface area contributed by atoms with Crippen molar-refractivity contribution in [3.63, 3.8) is 0 Å². The molecule has 0 aliphatic carbocycles. The first kappa shape index (κ1) is 55.0. The molecule has 3 unspecified atom stereocenters. The molecule has 13 atom stereocenters. The van der Waals surface area contributed by atoms with Gasteiger partial charge in [0.1, 0.15) is 23.3 Å². The number of Topliss-reactive ketones (excluding diaryl/α,β-unsaturated/α-hetero) is 1. The van der Waals surface area contributed by atoms with E-state index in [9.17, 15) is 29.4 Å². The van der Waals surface area contributed by atoms with E-state index in [2.05, 4.69) is 41.7 Å². The molecule has 0 bridgehead atoms. The van der Waals surface area contributed by atoms with Crippen molar-refractivity contribution in [3.05, 3.63) is 66.4 Å². The maximum absolute atomic E-state index is 13.9. The van der Waals surface area contributed by atoms with Crippen molar-refractivity contribution < 1.29 is 48.3 Å². The standard InChI is InChI=1S/C51H78N8O10/c1-12-32(3)51(8)44(59(49(65)69-51)24-17-16-23-58-30-40(55-56-58)37-21-18-22-38(52)25-37)35(6)53-28-31(2)27-50(7,66-11)45(33(4)42(60)34(5)47(63)64)68-48-43(61)41(57(9)10)26-39(67-48)29-54-46(62)36-19-14-13-15-20-36/h13-15,18-22,25,30-35,39,41,43-45,48,53,61H,12,16-17,23-24,26-29,52H2,1-11H3,(H,54,62)(H,63,64)/t31-,32-,33+,34-,35-,39?,41?,43?,44-,45-,48+,50-,51-/m1/s1. The summed E-state index contributed by atoms with van der Waals surface area (Å²) < 4.78 is 27.5. The van der Waals surface area contributed by atoms with Gasteiger partial charge in [-0.25, -0.2) is 4.79 Å². The second-order valence-corrected chi connectivity index (χ2v) is 20.0. The van der Waals surface area contributed by atoms with Crippen LogP contribution >= 0.6 is 0 Å². The number of aryl methyl sites for hydroxylation is 1. The largest absolute Gasteiger partial charge is 0.481 e. The van der Waals surface area contributed by atoms with Crippen molar-refractivity contribution in [1.82, 2.24) is 35.4 Å². The summed E-state index contributed by atoms with van der Waals surface area (Å²) in [6.07, 6.45) is 0.455. The molecule has 3 aromatic rings. The molecule has 3 heterocycles. The lowest BCUT2D eigenvalue weighted by Crippen LogP contribution is -2.60. The number of nitrogen functional groups attached to an aromatic ring is 1. The Morgan fingerprint density at radius 3 is 2.39 bits per heavy atom. The quantitative estimate of drug-likeness (QED) is 0.0380. The number of amides is 2. The highest BCUT2D eigenvalue weighted by molar-refractivity contribution is 5.99. The Morgan fingerprint density at radius 2 is 1.75 bits per heavy atom. The Kier molecular flexibility index (Phi) is 19.3. The third kappa shape index (κ3) is 13.5. The number of hydrogen-bond acceptors (Lipinski definition) is 14. The van der Waals surface area contributed by atoms with Crippen molar-refractivity contribution in [2.45, 2.75) is 148 Å². The predicted octanol–water partition coefficient (Wildman–Crippen LogP) is 5.49. The molecule has 1 aromatic heterocycles. The molecule has 18 heteroatoms. The van der Waals surface area contributed by atoms with E-state index in [1.165, 1.54) is 14.0 Å². The minimum atomic E-state index is -1.34. The summed E-state index contributed by atoms with van der Waals surface area (Å²) in [5.41, 5.74) is 6.77.